The fourth-order valence-corrected chi connectivity index (χ4v) is 3.75. The molecule has 0 saturated heterocycles. The predicted molar refractivity (Wildman–Crippen MR) is 123 cm³/mol. The molecule has 0 aliphatic heterocycles. The molecule has 0 bridgehead atoms. The van der Waals surface area contributed by atoms with Crippen LogP contribution < -0.4 is 0 Å². The molecular formula is C25H21N7O. The number of benzene rings is 3. The third-order valence-corrected chi connectivity index (χ3v) is 5.43. The average molecular weight is 435 g/mol. The minimum Gasteiger partial charge on any atom is -0.285 e. The van der Waals surface area contributed by atoms with Gasteiger partial charge in [-0.25, -0.2) is 14.8 Å². The second-order valence-electron chi connectivity index (χ2n) is 7.55. The summed E-state index contributed by atoms with van der Waals surface area (Å²) >= 11 is 0. The van der Waals surface area contributed by atoms with Crippen LogP contribution in [0.4, 0.5) is 0 Å². The number of nitrogens with one attached hydrogen (secondary N) is 1. The molecule has 2 heterocycles. The summed E-state index contributed by atoms with van der Waals surface area (Å²) < 4.78 is 1.80. The number of hydrogen-bond donors (Lipinski definition) is 1. The van der Waals surface area contributed by atoms with Gasteiger partial charge in [-0.15, -0.1) is 10.2 Å². The number of rotatable bonds is 7. The number of H-pyrrole nitrogens is 1. The van der Waals surface area contributed by atoms with Crippen LogP contribution in [0.1, 0.15) is 34.5 Å². The number of aryl methyl sites for hydroxylation is 1. The molecule has 8 nitrogen and oxygen atoms in total. The molecule has 8 heteroatoms. The maximum atomic E-state index is 12.8. The van der Waals surface area contributed by atoms with Gasteiger partial charge in [0.1, 0.15) is 5.82 Å². The highest BCUT2D eigenvalue weighted by atomic mass is 16.1. The van der Waals surface area contributed by atoms with Gasteiger partial charge in [-0.05, 0) is 27.1 Å². The Morgan fingerprint density at radius 2 is 1.64 bits per heavy atom. The topological polar surface area (TPSA) is 102 Å². The van der Waals surface area contributed by atoms with E-state index in [-0.39, 0.29) is 11.6 Å². The maximum Gasteiger partial charge on any atom is 0.232 e. The molecule has 0 spiro atoms. The Labute approximate surface area is 190 Å². The molecule has 0 radical (unpaired) electrons. The molecular weight excluding hydrogens is 414 g/mol. The number of aromatic amines is 1. The van der Waals surface area contributed by atoms with Crippen molar-refractivity contribution in [1.82, 2.24) is 35.4 Å². The number of hydrogen-bond acceptors (Lipinski definition) is 6. The zero-order chi connectivity index (χ0) is 22.6. The Balaban J connectivity index is 1.40. The molecule has 2 aromatic heterocycles. The molecule has 0 atom stereocenters. The van der Waals surface area contributed by atoms with E-state index in [0.717, 1.165) is 28.1 Å². The first-order chi connectivity index (χ1) is 16.2. The number of nitrogens with zero attached hydrogens (tertiary/aromatic N) is 6. The molecule has 0 amide bonds. The molecule has 5 rings (SSSR count). The van der Waals surface area contributed by atoms with Crippen LogP contribution >= 0.6 is 0 Å². The molecule has 5 aromatic rings. The van der Waals surface area contributed by atoms with Gasteiger partial charge in [-0.3, -0.25) is 4.79 Å². The number of carbonyl (C=O) groups is 1. The quantitative estimate of drug-likeness (QED) is 0.388. The van der Waals surface area contributed by atoms with Crippen LogP contribution in [0.15, 0.2) is 78.9 Å². The molecule has 33 heavy (non-hydrogen) atoms. The fraction of sp³-hybridized carbons (Fsp3) is 0.120. The van der Waals surface area contributed by atoms with Crippen molar-refractivity contribution in [1.29, 1.82) is 0 Å². The first kappa shape index (κ1) is 20.4. The molecule has 0 fully saturated rings. The summed E-state index contributed by atoms with van der Waals surface area (Å²) in [7, 11) is 0. The van der Waals surface area contributed by atoms with E-state index in [4.69, 9.17) is 0 Å². The summed E-state index contributed by atoms with van der Waals surface area (Å²) in [5, 5.41) is 18.7. The second kappa shape index (κ2) is 8.96. The molecule has 0 unspecified atom stereocenters. The van der Waals surface area contributed by atoms with Crippen molar-refractivity contribution >= 4 is 5.78 Å². The van der Waals surface area contributed by atoms with Gasteiger partial charge in [-0.2, -0.15) is 0 Å². The van der Waals surface area contributed by atoms with E-state index < -0.39 is 0 Å². The van der Waals surface area contributed by atoms with Crippen LogP contribution in [-0.4, -0.2) is 41.2 Å². The van der Waals surface area contributed by atoms with Crippen molar-refractivity contribution in [2.45, 2.75) is 19.9 Å². The van der Waals surface area contributed by atoms with Crippen molar-refractivity contribution in [2.75, 3.05) is 0 Å². The van der Waals surface area contributed by atoms with E-state index in [1.54, 1.807) is 16.8 Å². The predicted octanol–water partition coefficient (Wildman–Crippen LogP) is 3.97. The van der Waals surface area contributed by atoms with E-state index in [9.17, 15) is 4.79 Å². The first-order valence-electron chi connectivity index (χ1n) is 10.7. The Hall–Kier alpha value is -4.46. The van der Waals surface area contributed by atoms with Crippen LogP contribution in [0.2, 0.25) is 0 Å². The summed E-state index contributed by atoms with van der Waals surface area (Å²) in [5.74, 6) is 1.46. The van der Waals surface area contributed by atoms with Crippen molar-refractivity contribution in [2.24, 2.45) is 0 Å². The normalized spacial score (nSPS) is 10.9. The lowest BCUT2D eigenvalue weighted by Crippen LogP contribution is -2.08. The van der Waals surface area contributed by atoms with Crippen LogP contribution in [-0.2, 0) is 13.0 Å². The summed E-state index contributed by atoms with van der Waals surface area (Å²) in [6.45, 7) is 2.54. The Kier molecular flexibility index (Phi) is 5.55. The highest BCUT2D eigenvalue weighted by molar-refractivity contribution is 6.06. The molecule has 162 valence electrons. The highest BCUT2D eigenvalue weighted by Crippen LogP contribution is 2.29. The van der Waals surface area contributed by atoms with Gasteiger partial charge < -0.3 is 0 Å². The minimum absolute atomic E-state index is 0.169. The Morgan fingerprint density at radius 1 is 0.909 bits per heavy atom. The molecule has 0 saturated carbocycles. The van der Waals surface area contributed by atoms with Crippen LogP contribution in [0.5, 0.6) is 0 Å². The Morgan fingerprint density at radius 3 is 2.33 bits per heavy atom. The third kappa shape index (κ3) is 4.18. The SMILES string of the molecule is CCc1nc(C(=O)c2ccccc2)nn1Cc1ccc(-c2ccccc2-c2nnn[nH]2)cc1. The van der Waals surface area contributed by atoms with E-state index in [1.807, 2.05) is 49.4 Å². The van der Waals surface area contributed by atoms with Gasteiger partial charge in [0.25, 0.3) is 0 Å². The first-order valence-corrected chi connectivity index (χ1v) is 10.7. The zero-order valence-corrected chi connectivity index (χ0v) is 18.0. The smallest absolute Gasteiger partial charge is 0.232 e. The lowest BCUT2D eigenvalue weighted by molar-refractivity contribution is 0.102. The van der Waals surface area contributed by atoms with Gasteiger partial charge in [-0.1, -0.05) is 85.8 Å². The lowest BCUT2D eigenvalue weighted by Gasteiger charge is -2.09. The van der Waals surface area contributed by atoms with Crippen molar-refractivity contribution < 1.29 is 4.79 Å². The summed E-state index contributed by atoms with van der Waals surface area (Å²) in [4.78, 5) is 17.2. The van der Waals surface area contributed by atoms with Crippen molar-refractivity contribution in [3.63, 3.8) is 0 Å². The minimum atomic E-state index is -0.169. The molecule has 3 aromatic carbocycles. The second-order valence-corrected chi connectivity index (χ2v) is 7.55. The molecule has 1 N–H and O–H groups in total. The molecule has 0 aliphatic rings. The summed E-state index contributed by atoms with van der Waals surface area (Å²) in [6.07, 6.45) is 0.686. The number of ketones is 1. The highest BCUT2D eigenvalue weighted by Gasteiger charge is 2.17. The van der Waals surface area contributed by atoms with Crippen molar-refractivity contribution in [3.8, 4) is 22.5 Å². The van der Waals surface area contributed by atoms with E-state index in [1.165, 1.54) is 0 Å². The largest absolute Gasteiger partial charge is 0.285 e. The van der Waals surface area contributed by atoms with Gasteiger partial charge in [0.2, 0.25) is 11.6 Å². The summed E-state index contributed by atoms with van der Waals surface area (Å²) in [5.41, 5.74) is 4.68. The zero-order valence-electron chi connectivity index (χ0n) is 18.0. The van der Waals surface area contributed by atoms with Crippen LogP contribution in [0.25, 0.3) is 22.5 Å². The molecule has 0 aliphatic carbocycles. The average Bonchev–Trinajstić information content (AvgIpc) is 3.55. The van der Waals surface area contributed by atoms with E-state index in [2.05, 4.69) is 55.0 Å². The van der Waals surface area contributed by atoms with Crippen LogP contribution in [0.3, 0.4) is 0 Å². The monoisotopic (exact) mass is 435 g/mol. The van der Waals surface area contributed by atoms with Gasteiger partial charge in [0.05, 0.1) is 6.54 Å². The van der Waals surface area contributed by atoms with Crippen LogP contribution in [0, 0.1) is 0 Å². The van der Waals surface area contributed by atoms with Gasteiger partial charge >= 0.3 is 0 Å². The third-order valence-electron chi connectivity index (χ3n) is 5.43. The Bertz CT molecular complexity index is 1370. The van der Waals surface area contributed by atoms with Crippen molar-refractivity contribution in [3.05, 3.63) is 102 Å². The maximum absolute atomic E-state index is 12.8. The van der Waals surface area contributed by atoms with E-state index in [0.29, 0.717) is 24.4 Å². The summed E-state index contributed by atoms with van der Waals surface area (Å²) in [6, 6.07) is 25.3. The van der Waals surface area contributed by atoms with Gasteiger partial charge in [0, 0.05) is 17.5 Å². The standard InChI is InChI=1S/C25H21N7O/c1-2-22-26-25(23(33)19-8-4-3-5-9-19)29-32(22)16-17-12-14-18(15-13-17)20-10-6-7-11-21(20)24-27-30-31-28-24/h3-15H,2,16H2,1H3,(H,27,28,30,31). The van der Waals surface area contributed by atoms with Gasteiger partial charge in [0.15, 0.2) is 5.82 Å². The number of aromatic nitrogens is 7. The lowest BCUT2D eigenvalue weighted by atomic mass is 9.98. The number of carbonyl (C=O) groups excluding carboxylic acids is 1. The number of tetrazole rings is 1. The van der Waals surface area contributed by atoms with E-state index >= 15 is 0 Å². The fourth-order valence-electron chi connectivity index (χ4n) is 3.75.